The van der Waals surface area contributed by atoms with Crippen molar-refractivity contribution in [1.29, 1.82) is 0 Å². The Morgan fingerprint density at radius 1 is 1.06 bits per heavy atom. The van der Waals surface area contributed by atoms with E-state index in [-0.39, 0.29) is 23.2 Å². The topological polar surface area (TPSA) is 94.9 Å². The van der Waals surface area contributed by atoms with Gasteiger partial charge in [-0.25, -0.2) is 4.98 Å². The Kier molecular flexibility index (Phi) is 2.51. The monoisotopic (exact) mass is 214 g/mol. The minimum absolute atomic E-state index is 0.000666. The van der Waals surface area contributed by atoms with Crippen LogP contribution in [-0.4, -0.2) is 15.8 Å². The molecule has 0 unspecified atom stereocenters. The SMILES string of the molecule is Nc1cc(C(=O)c2ccccc2)nc(N)n1. The molecule has 0 fully saturated rings. The number of rotatable bonds is 2. The number of nitrogens with zero attached hydrogens (tertiary/aromatic N) is 2. The predicted octanol–water partition coefficient (Wildman–Crippen LogP) is 0.872. The maximum Gasteiger partial charge on any atom is 0.222 e. The van der Waals surface area contributed by atoms with E-state index >= 15 is 0 Å². The van der Waals surface area contributed by atoms with Crippen LogP contribution >= 0.6 is 0 Å². The lowest BCUT2D eigenvalue weighted by Crippen LogP contribution is -2.09. The van der Waals surface area contributed by atoms with E-state index in [4.69, 9.17) is 11.5 Å². The highest BCUT2D eigenvalue weighted by molar-refractivity contribution is 6.08. The summed E-state index contributed by atoms with van der Waals surface area (Å²) in [6, 6.07) is 10.2. The average Bonchev–Trinajstić information content (AvgIpc) is 2.28. The van der Waals surface area contributed by atoms with Gasteiger partial charge < -0.3 is 11.5 Å². The van der Waals surface area contributed by atoms with Crippen molar-refractivity contribution in [2.75, 3.05) is 11.5 Å². The minimum atomic E-state index is -0.221. The average molecular weight is 214 g/mol. The number of nitrogens with two attached hydrogens (primary N) is 2. The zero-order valence-electron chi connectivity index (χ0n) is 8.42. The Bertz CT molecular complexity index is 505. The molecule has 16 heavy (non-hydrogen) atoms. The van der Waals surface area contributed by atoms with Gasteiger partial charge in [-0.3, -0.25) is 4.79 Å². The molecule has 5 nitrogen and oxygen atoms in total. The quantitative estimate of drug-likeness (QED) is 0.723. The molecule has 1 aromatic heterocycles. The van der Waals surface area contributed by atoms with Crippen LogP contribution < -0.4 is 11.5 Å². The summed E-state index contributed by atoms with van der Waals surface area (Å²) < 4.78 is 0. The van der Waals surface area contributed by atoms with Crippen molar-refractivity contribution in [3.63, 3.8) is 0 Å². The Hall–Kier alpha value is -2.43. The number of anilines is 2. The van der Waals surface area contributed by atoms with Crippen molar-refractivity contribution in [3.8, 4) is 0 Å². The second-order valence-electron chi connectivity index (χ2n) is 3.23. The van der Waals surface area contributed by atoms with E-state index in [2.05, 4.69) is 9.97 Å². The lowest BCUT2D eigenvalue weighted by Gasteiger charge is -2.02. The number of ketones is 1. The number of carbonyl (C=O) groups is 1. The van der Waals surface area contributed by atoms with E-state index in [1.54, 1.807) is 24.3 Å². The molecule has 0 atom stereocenters. The van der Waals surface area contributed by atoms with E-state index in [1.807, 2.05) is 6.07 Å². The molecule has 1 heterocycles. The van der Waals surface area contributed by atoms with Crippen LogP contribution in [0.1, 0.15) is 16.1 Å². The van der Waals surface area contributed by atoms with Gasteiger partial charge >= 0.3 is 0 Å². The van der Waals surface area contributed by atoms with Crippen LogP contribution in [0.25, 0.3) is 0 Å². The number of aromatic nitrogens is 2. The Balaban J connectivity index is 2.42. The molecule has 80 valence electrons. The number of nitrogen functional groups attached to an aromatic ring is 2. The van der Waals surface area contributed by atoms with Gasteiger partial charge in [-0.05, 0) is 0 Å². The maximum absolute atomic E-state index is 11.9. The second-order valence-corrected chi connectivity index (χ2v) is 3.23. The van der Waals surface area contributed by atoms with E-state index < -0.39 is 0 Å². The Morgan fingerprint density at radius 2 is 1.75 bits per heavy atom. The fourth-order valence-electron chi connectivity index (χ4n) is 1.34. The molecule has 5 heteroatoms. The summed E-state index contributed by atoms with van der Waals surface area (Å²) in [5, 5.41) is 0. The Labute approximate surface area is 92.1 Å². The van der Waals surface area contributed by atoms with Crippen molar-refractivity contribution in [3.05, 3.63) is 47.7 Å². The first-order valence-electron chi connectivity index (χ1n) is 4.66. The Morgan fingerprint density at radius 3 is 2.38 bits per heavy atom. The highest BCUT2D eigenvalue weighted by Crippen LogP contribution is 2.10. The molecule has 1 aromatic carbocycles. The molecule has 2 aromatic rings. The highest BCUT2D eigenvalue weighted by Gasteiger charge is 2.11. The van der Waals surface area contributed by atoms with Crippen molar-refractivity contribution in [2.24, 2.45) is 0 Å². The lowest BCUT2D eigenvalue weighted by molar-refractivity contribution is 0.103. The first-order chi connectivity index (χ1) is 7.66. The molecular weight excluding hydrogens is 204 g/mol. The summed E-state index contributed by atoms with van der Waals surface area (Å²) in [5.41, 5.74) is 11.7. The molecule has 0 aliphatic carbocycles. The van der Waals surface area contributed by atoms with Gasteiger partial charge in [0.15, 0.2) is 0 Å². The van der Waals surface area contributed by atoms with Crippen LogP contribution in [0.2, 0.25) is 0 Å². The highest BCUT2D eigenvalue weighted by atomic mass is 16.1. The molecule has 0 amide bonds. The van der Waals surface area contributed by atoms with Crippen molar-refractivity contribution < 1.29 is 4.79 Å². The van der Waals surface area contributed by atoms with Crippen LogP contribution in [0.15, 0.2) is 36.4 Å². The molecule has 0 saturated carbocycles. The van der Waals surface area contributed by atoms with Gasteiger partial charge in [0.2, 0.25) is 11.7 Å². The van der Waals surface area contributed by atoms with E-state index in [9.17, 15) is 4.79 Å². The third kappa shape index (κ3) is 1.98. The van der Waals surface area contributed by atoms with Crippen LogP contribution in [0.4, 0.5) is 11.8 Å². The molecule has 0 aliphatic rings. The molecule has 4 N–H and O–H groups in total. The van der Waals surface area contributed by atoms with Crippen LogP contribution in [-0.2, 0) is 0 Å². The van der Waals surface area contributed by atoms with Crippen molar-refractivity contribution in [1.82, 2.24) is 9.97 Å². The van der Waals surface area contributed by atoms with Crippen molar-refractivity contribution >= 4 is 17.5 Å². The van der Waals surface area contributed by atoms with Gasteiger partial charge in [-0.1, -0.05) is 30.3 Å². The zero-order chi connectivity index (χ0) is 11.5. The van der Waals surface area contributed by atoms with Crippen LogP contribution in [0.5, 0.6) is 0 Å². The summed E-state index contributed by atoms with van der Waals surface area (Å²) in [5.74, 6) is -0.0348. The van der Waals surface area contributed by atoms with Gasteiger partial charge in [0.05, 0.1) is 0 Å². The summed E-state index contributed by atoms with van der Waals surface area (Å²) in [6.45, 7) is 0. The van der Waals surface area contributed by atoms with Crippen LogP contribution in [0.3, 0.4) is 0 Å². The second kappa shape index (κ2) is 3.98. The largest absolute Gasteiger partial charge is 0.384 e. The van der Waals surface area contributed by atoms with Gasteiger partial charge in [0.1, 0.15) is 11.5 Å². The number of hydrogen-bond donors (Lipinski definition) is 2. The number of hydrogen-bond acceptors (Lipinski definition) is 5. The molecule has 0 aliphatic heterocycles. The maximum atomic E-state index is 11.9. The van der Waals surface area contributed by atoms with E-state index in [1.165, 1.54) is 6.07 Å². The third-order valence-electron chi connectivity index (χ3n) is 2.03. The first-order valence-corrected chi connectivity index (χ1v) is 4.66. The molecule has 0 saturated heterocycles. The standard InChI is InChI=1S/C11H10N4O/c12-9-6-8(14-11(13)15-9)10(16)7-4-2-1-3-5-7/h1-6H,(H4,12,13,14,15). The molecule has 2 rings (SSSR count). The predicted molar refractivity (Wildman–Crippen MR) is 60.7 cm³/mol. The van der Waals surface area contributed by atoms with E-state index in [0.717, 1.165) is 0 Å². The first kappa shape index (κ1) is 10.1. The van der Waals surface area contributed by atoms with Gasteiger partial charge in [0, 0.05) is 11.6 Å². The molecule has 0 radical (unpaired) electrons. The smallest absolute Gasteiger partial charge is 0.222 e. The molecule has 0 bridgehead atoms. The van der Waals surface area contributed by atoms with Crippen molar-refractivity contribution in [2.45, 2.75) is 0 Å². The van der Waals surface area contributed by atoms with Gasteiger partial charge in [-0.15, -0.1) is 0 Å². The summed E-state index contributed by atoms with van der Waals surface area (Å²) in [6.07, 6.45) is 0. The summed E-state index contributed by atoms with van der Waals surface area (Å²) in [4.78, 5) is 19.5. The molecular formula is C11H10N4O. The summed E-state index contributed by atoms with van der Waals surface area (Å²) in [7, 11) is 0. The summed E-state index contributed by atoms with van der Waals surface area (Å²) >= 11 is 0. The number of benzene rings is 1. The van der Waals surface area contributed by atoms with E-state index in [0.29, 0.717) is 5.56 Å². The number of carbonyl (C=O) groups excluding carboxylic acids is 1. The third-order valence-corrected chi connectivity index (χ3v) is 2.03. The fraction of sp³-hybridized carbons (Fsp3) is 0. The fourth-order valence-corrected chi connectivity index (χ4v) is 1.34. The minimum Gasteiger partial charge on any atom is -0.384 e. The van der Waals surface area contributed by atoms with Gasteiger partial charge in [0.25, 0.3) is 0 Å². The molecule has 0 spiro atoms. The normalized spacial score (nSPS) is 10.0. The van der Waals surface area contributed by atoms with Gasteiger partial charge in [-0.2, -0.15) is 4.98 Å². The zero-order valence-corrected chi connectivity index (χ0v) is 8.42. The van der Waals surface area contributed by atoms with Crippen LogP contribution in [0, 0.1) is 0 Å². The lowest BCUT2D eigenvalue weighted by atomic mass is 10.1.